The maximum atomic E-state index is 8.88. The van der Waals surface area contributed by atoms with Crippen LogP contribution in [0.5, 0.6) is 0 Å². The number of nitrogens with one attached hydrogen (secondary N) is 1. The van der Waals surface area contributed by atoms with Crippen LogP contribution in [-0.4, -0.2) is 46.7 Å². The van der Waals surface area contributed by atoms with Gasteiger partial charge in [0.05, 0.1) is 24.9 Å². The van der Waals surface area contributed by atoms with Crippen LogP contribution in [0.2, 0.25) is 0 Å². The number of hydrogen-bond donors (Lipinski definition) is 4. The molecule has 0 aromatic carbocycles. The van der Waals surface area contributed by atoms with E-state index in [1.807, 2.05) is 0 Å². The predicted octanol–water partition coefficient (Wildman–Crippen LogP) is -1.91. The first kappa shape index (κ1) is 10.1. The monoisotopic (exact) mass is 169 g/mol. The largest absolute Gasteiger partial charge is 0.394 e. The molecule has 0 spiro atoms. The van der Waals surface area contributed by atoms with Gasteiger partial charge in [0, 0.05) is 6.54 Å². The highest BCUT2D eigenvalue weighted by atomic mass is 35.5. The van der Waals surface area contributed by atoms with Gasteiger partial charge in [-0.25, -0.2) is 0 Å². The molecule has 0 saturated carbocycles. The normalized spacial score (nSPS) is 33.9. The molecule has 10 heavy (non-hydrogen) atoms. The first-order valence-corrected chi connectivity index (χ1v) is 2.96. The van der Waals surface area contributed by atoms with E-state index in [0.29, 0.717) is 6.54 Å². The number of β-amino-alcohol motifs (C(OH)–C–C–N with tert-alkyl or cyclic N) is 1. The maximum absolute atomic E-state index is 8.88. The standard InChI is InChI=1S/C5H11NO3.ClH/c7-2-4(9)5-3(8)1-6-5;/h3-9H,1-2H2;1H/t3-,4-,5+;/m1./s1. The smallest absolute Gasteiger partial charge is 0.0949 e. The number of hydrogen-bond acceptors (Lipinski definition) is 4. The summed E-state index contributed by atoms with van der Waals surface area (Å²) in [4.78, 5) is 0. The molecule has 0 bridgehead atoms. The summed E-state index contributed by atoms with van der Waals surface area (Å²) in [5.74, 6) is 0. The van der Waals surface area contributed by atoms with Crippen LogP contribution < -0.4 is 5.32 Å². The van der Waals surface area contributed by atoms with Gasteiger partial charge >= 0.3 is 0 Å². The number of rotatable bonds is 2. The first-order valence-electron chi connectivity index (χ1n) is 2.96. The van der Waals surface area contributed by atoms with E-state index in [1.165, 1.54) is 0 Å². The second-order valence-electron chi connectivity index (χ2n) is 2.25. The highest BCUT2D eigenvalue weighted by Crippen LogP contribution is 2.07. The summed E-state index contributed by atoms with van der Waals surface area (Å²) in [7, 11) is 0. The van der Waals surface area contributed by atoms with Crippen LogP contribution in [0.4, 0.5) is 0 Å². The fraction of sp³-hybridized carbons (Fsp3) is 1.00. The van der Waals surface area contributed by atoms with Crippen molar-refractivity contribution >= 4 is 12.4 Å². The van der Waals surface area contributed by atoms with Crippen LogP contribution in [0.3, 0.4) is 0 Å². The van der Waals surface area contributed by atoms with Crippen molar-refractivity contribution in [1.82, 2.24) is 5.32 Å². The summed E-state index contributed by atoms with van der Waals surface area (Å²) in [6.45, 7) is 0.219. The van der Waals surface area contributed by atoms with E-state index in [-0.39, 0.29) is 25.1 Å². The Hall–Kier alpha value is 0.130. The van der Waals surface area contributed by atoms with Crippen molar-refractivity contribution in [3.8, 4) is 0 Å². The SMILES string of the molecule is Cl.OC[C@@H](O)[C@H]1NC[C@H]1O. The van der Waals surface area contributed by atoms with Crippen molar-refractivity contribution in [2.24, 2.45) is 0 Å². The number of aliphatic hydroxyl groups excluding tert-OH is 3. The van der Waals surface area contributed by atoms with E-state index in [2.05, 4.69) is 5.32 Å². The Kier molecular flexibility index (Phi) is 4.15. The molecule has 0 radical (unpaired) electrons. The molecule has 4 N–H and O–H groups in total. The molecule has 0 aliphatic carbocycles. The third-order valence-electron chi connectivity index (χ3n) is 1.58. The fourth-order valence-electron chi connectivity index (χ4n) is 0.865. The summed E-state index contributed by atoms with van der Waals surface area (Å²) in [6, 6.07) is -0.324. The van der Waals surface area contributed by atoms with E-state index in [9.17, 15) is 0 Å². The van der Waals surface area contributed by atoms with Gasteiger partial charge in [-0.05, 0) is 0 Å². The van der Waals surface area contributed by atoms with Crippen LogP contribution in [0, 0.1) is 0 Å². The third kappa shape index (κ3) is 1.81. The van der Waals surface area contributed by atoms with Gasteiger partial charge in [0.25, 0.3) is 0 Å². The van der Waals surface area contributed by atoms with Crippen LogP contribution >= 0.6 is 12.4 Å². The molecule has 1 rings (SSSR count). The minimum absolute atomic E-state index is 0. The fourth-order valence-corrected chi connectivity index (χ4v) is 0.865. The molecule has 1 fully saturated rings. The molecule has 5 heteroatoms. The van der Waals surface area contributed by atoms with E-state index in [1.54, 1.807) is 0 Å². The second-order valence-corrected chi connectivity index (χ2v) is 2.25. The molecule has 1 heterocycles. The third-order valence-corrected chi connectivity index (χ3v) is 1.58. The maximum Gasteiger partial charge on any atom is 0.0949 e. The Morgan fingerprint density at radius 3 is 2.30 bits per heavy atom. The van der Waals surface area contributed by atoms with Gasteiger partial charge in [-0.2, -0.15) is 0 Å². The second kappa shape index (κ2) is 4.10. The van der Waals surface area contributed by atoms with Crippen molar-refractivity contribution in [1.29, 1.82) is 0 Å². The molecule has 0 aromatic heterocycles. The molecule has 1 saturated heterocycles. The van der Waals surface area contributed by atoms with Gasteiger partial charge in [-0.15, -0.1) is 12.4 Å². The van der Waals surface area contributed by atoms with Gasteiger partial charge in [0.15, 0.2) is 0 Å². The average molecular weight is 170 g/mol. The highest BCUT2D eigenvalue weighted by molar-refractivity contribution is 5.85. The van der Waals surface area contributed by atoms with Gasteiger partial charge in [-0.3, -0.25) is 0 Å². The molecular formula is C5H12ClNO3. The molecule has 62 valence electrons. The molecule has 3 atom stereocenters. The summed E-state index contributed by atoms with van der Waals surface area (Å²) in [5, 5.41) is 28.9. The highest BCUT2D eigenvalue weighted by Gasteiger charge is 2.33. The Balaban J connectivity index is 0.000000810. The molecule has 1 aliphatic heterocycles. The zero-order chi connectivity index (χ0) is 6.85. The van der Waals surface area contributed by atoms with Gasteiger partial charge in [0.1, 0.15) is 0 Å². The van der Waals surface area contributed by atoms with E-state index in [0.717, 1.165) is 0 Å². The Bertz CT molecular complexity index is 103. The van der Waals surface area contributed by atoms with Gasteiger partial charge in [0.2, 0.25) is 0 Å². The molecule has 1 aliphatic rings. The van der Waals surface area contributed by atoms with Gasteiger partial charge in [-0.1, -0.05) is 0 Å². The summed E-state index contributed by atoms with van der Waals surface area (Å²) in [6.07, 6.45) is -1.32. The molecule has 0 amide bonds. The van der Waals surface area contributed by atoms with Crippen LogP contribution in [0.15, 0.2) is 0 Å². The predicted molar refractivity (Wildman–Crippen MR) is 38.1 cm³/mol. The quantitative estimate of drug-likeness (QED) is 0.390. The Morgan fingerprint density at radius 1 is 1.60 bits per heavy atom. The van der Waals surface area contributed by atoms with E-state index >= 15 is 0 Å². The van der Waals surface area contributed by atoms with Crippen molar-refractivity contribution in [3.63, 3.8) is 0 Å². The lowest BCUT2D eigenvalue weighted by Gasteiger charge is -2.36. The lowest BCUT2D eigenvalue weighted by Crippen LogP contribution is -2.63. The summed E-state index contributed by atoms with van der Waals surface area (Å²) in [5.41, 5.74) is 0. The molecule has 4 nitrogen and oxygen atoms in total. The van der Waals surface area contributed by atoms with Crippen molar-refractivity contribution in [2.75, 3.05) is 13.2 Å². The Morgan fingerprint density at radius 2 is 2.20 bits per heavy atom. The molecular weight excluding hydrogens is 158 g/mol. The van der Waals surface area contributed by atoms with E-state index < -0.39 is 12.2 Å². The topological polar surface area (TPSA) is 72.7 Å². The summed E-state index contributed by atoms with van der Waals surface area (Å²) >= 11 is 0. The van der Waals surface area contributed by atoms with Crippen LogP contribution in [0.25, 0.3) is 0 Å². The average Bonchev–Trinajstić information content (AvgIpc) is 1.84. The zero-order valence-corrected chi connectivity index (χ0v) is 6.21. The molecule has 0 aromatic rings. The molecule has 0 unspecified atom stereocenters. The minimum Gasteiger partial charge on any atom is -0.394 e. The number of aliphatic hydroxyl groups is 3. The number of halogens is 1. The minimum atomic E-state index is -0.825. The van der Waals surface area contributed by atoms with Crippen LogP contribution in [-0.2, 0) is 0 Å². The first-order chi connectivity index (χ1) is 4.25. The van der Waals surface area contributed by atoms with E-state index in [4.69, 9.17) is 15.3 Å². The van der Waals surface area contributed by atoms with Crippen molar-refractivity contribution in [3.05, 3.63) is 0 Å². The van der Waals surface area contributed by atoms with Crippen molar-refractivity contribution < 1.29 is 15.3 Å². The van der Waals surface area contributed by atoms with Crippen molar-refractivity contribution in [2.45, 2.75) is 18.2 Å². The lowest BCUT2D eigenvalue weighted by atomic mass is 9.98. The van der Waals surface area contributed by atoms with Gasteiger partial charge < -0.3 is 20.6 Å². The van der Waals surface area contributed by atoms with Crippen LogP contribution in [0.1, 0.15) is 0 Å². The summed E-state index contributed by atoms with van der Waals surface area (Å²) < 4.78 is 0. The lowest BCUT2D eigenvalue weighted by molar-refractivity contribution is -0.0345. The zero-order valence-electron chi connectivity index (χ0n) is 5.40. The Labute approximate surface area is 65.3 Å².